The molecule has 0 aromatic heterocycles. The molecule has 2 amide bonds. The number of benzene rings is 1. The maximum atomic E-state index is 14.8. The van der Waals surface area contributed by atoms with Gasteiger partial charge in [-0.25, -0.2) is 13.6 Å². The van der Waals surface area contributed by atoms with Crippen LogP contribution < -0.4 is 15.1 Å². The predicted molar refractivity (Wildman–Crippen MR) is 97.7 cm³/mol. The molecule has 0 bridgehead atoms. The number of hydrogen-bond acceptors (Lipinski definition) is 6. The van der Waals surface area contributed by atoms with Crippen molar-refractivity contribution in [1.82, 2.24) is 5.32 Å². The van der Waals surface area contributed by atoms with Crippen LogP contribution in [0.5, 0.6) is 0 Å². The smallest absolute Gasteiger partial charge is 0.414 e. The van der Waals surface area contributed by atoms with E-state index in [0.717, 1.165) is 17.0 Å². The number of cyclic esters (lactones) is 1. The Morgan fingerprint density at radius 1 is 1.19 bits per heavy atom. The van der Waals surface area contributed by atoms with Gasteiger partial charge in [0.2, 0.25) is 0 Å². The van der Waals surface area contributed by atoms with Crippen molar-refractivity contribution in [1.29, 1.82) is 0 Å². The number of carbonyl (C=O) groups excluding carboxylic acids is 3. The van der Waals surface area contributed by atoms with E-state index in [1.54, 1.807) is 0 Å². The second-order valence-electron chi connectivity index (χ2n) is 7.70. The fourth-order valence-corrected chi connectivity index (χ4v) is 4.33. The predicted octanol–water partition coefficient (Wildman–Crippen LogP) is 1.53. The van der Waals surface area contributed by atoms with Gasteiger partial charge in [0.05, 0.1) is 31.8 Å². The number of methoxy groups -OCH3 is 1. The summed E-state index contributed by atoms with van der Waals surface area (Å²) in [6, 6.07) is 1.98. The maximum absolute atomic E-state index is 14.8. The van der Waals surface area contributed by atoms with E-state index in [0.29, 0.717) is 13.1 Å². The Kier molecular flexibility index (Phi) is 5.40. The number of carbonyl (C=O) groups is 3. The van der Waals surface area contributed by atoms with Gasteiger partial charge in [-0.2, -0.15) is 8.78 Å². The number of alkyl halides is 2. The van der Waals surface area contributed by atoms with E-state index in [9.17, 15) is 31.9 Å². The number of anilines is 2. The Bertz CT molecular complexity index is 895. The summed E-state index contributed by atoms with van der Waals surface area (Å²) in [6.45, 7) is 0.103. The summed E-state index contributed by atoms with van der Waals surface area (Å²) in [5.74, 6) is -3.85. The first-order chi connectivity index (χ1) is 14.7. The van der Waals surface area contributed by atoms with E-state index >= 15 is 0 Å². The van der Waals surface area contributed by atoms with Crippen LogP contribution in [0.2, 0.25) is 0 Å². The molecule has 168 valence electrons. The molecule has 1 aliphatic carbocycles. The minimum Gasteiger partial charge on any atom is -0.469 e. The molecular weight excluding hydrogens is 426 g/mol. The molecule has 3 aliphatic rings. The van der Waals surface area contributed by atoms with Gasteiger partial charge in [-0.1, -0.05) is 0 Å². The largest absolute Gasteiger partial charge is 0.469 e. The molecule has 2 saturated heterocycles. The average molecular weight is 445 g/mol. The Balaban J connectivity index is 1.42. The van der Waals surface area contributed by atoms with Crippen LogP contribution in [0.3, 0.4) is 0 Å². The van der Waals surface area contributed by atoms with E-state index in [1.807, 2.05) is 5.32 Å². The molecule has 0 spiro atoms. The summed E-state index contributed by atoms with van der Waals surface area (Å²) in [7, 11) is 1.30. The first-order valence-corrected chi connectivity index (χ1v) is 9.57. The van der Waals surface area contributed by atoms with Crippen LogP contribution in [0.25, 0.3) is 0 Å². The molecule has 31 heavy (non-hydrogen) atoms. The zero-order valence-electron chi connectivity index (χ0n) is 16.3. The quantitative estimate of drug-likeness (QED) is 0.528. The molecule has 12 heteroatoms. The number of fused-ring (bicyclic) bond motifs is 1. The number of hydrogen-bond donors (Lipinski definition) is 1. The van der Waals surface area contributed by atoms with Crippen molar-refractivity contribution in [3.05, 3.63) is 23.8 Å². The minimum absolute atomic E-state index is 0.0105. The van der Waals surface area contributed by atoms with Gasteiger partial charge in [-0.15, -0.1) is 0 Å². The van der Waals surface area contributed by atoms with Gasteiger partial charge >= 0.3 is 18.5 Å². The summed E-state index contributed by atoms with van der Waals surface area (Å²) in [4.78, 5) is 37.1. The first-order valence-electron chi connectivity index (χ1n) is 9.57. The lowest BCUT2D eigenvalue weighted by atomic mass is 10.2. The zero-order valence-corrected chi connectivity index (χ0v) is 16.3. The highest BCUT2D eigenvalue weighted by molar-refractivity contribution is 5.90. The third kappa shape index (κ3) is 3.86. The van der Waals surface area contributed by atoms with Crippen LogP contribution in [0.1, 0.15) is 0 Å². The highest BCUT2D eigenvalue weighted by Gasteiger charge is 2.60. The number of piperidine rings is 1. The summed E-state index contributed by atoms with van der Waals surface area (Å²) in [6.07, 6.45) is -5.06. The third-order valence-corrected chi connectivity index (χ3v) is 5.87. The van der Waals surface area contributed by atoms with Crippen molar-refractivity contribution < 1.29 is 41.4 Å². The fourth-order valence-electron chi connectivity index (χ4n) is 4.33. The van der Waals surface area contributed by atoms with Crippen LogP contribution in [0.15, 0.2) is 12.1 Å². The summed E-state index contributed by atoms with van der Waals surface area (Å²) in [5, 5.41) is 1.93. The zero-order chi connectivity index (χ0) is 22.4. The standard InChI is InChI=1S/C19H19F4N3O5/c1-30-18(28)14-10-6-25(7-11(10)14)15-12(20)2-8(3-13(15)21)26-5-9(31-19(26)29)4-24-17(27)16(22)23/h2-3,9-11,14,16H,4-7H2,1H3,(H,24,27). The minimum atomic E-state index is -3.21. The number of amides is 2. The van der Waals surface area contributed by atoms with Crippen LogP contribution in [0, 0.1) is 29.4 Å². The number of nitrogens with zero attached hydrogens (tertiary/aromatic N) is 2. The van der Waals surface area contributed by atoms with Crippen molar-refractivity contribution in [3.63, 3.8) is 0 Å². The van der Waals surface area contributed by atoms with Crippen molar-refractivity contribution in [2.45, 2.75) is 12.5 Å². The van der Waals surface area contributed by atoms with Crippen molar-refractivity contribution in [2.24, 2.45) is 17.8 Å². The SMILES string of the molecule is COC(=O)C1C2CN(c3c(F)cc(N4CC(CNC(=O)C(F)F)OC4=O)cc3F)CC21. The average Bonchev–Trinajstić information content (AvgIpc) is 3.03. The second-order valence-corrected chi connectivity index (χ2v) is 7.70. The van der Waals surface area contributed by atoms with E-state index < -0.39 is 36.2 Å². The lowest BCUT2D eigenvalue weighted by Crippen LogP contribution is -2.37. The third-order valence-electron chi connectivity index (χ3n) is 5.87. The normalized spacial score (nSPS) is 26.7. The van der Waals surface area contributed by atoms with Gasteiger partial charge in [0.1, 0.15) is 11.8 Å². The number of nitrogens with one attached hydrogen (secondary N) is 1. The van der Waals surface area contributed by atoms with E-state index in [1.165, 1.54) is 12.0 Å². The van der Waals surface area contributed by atoms with Crippen molar-refractivity contribution >= 4 is 29.3 Å². The van der Waals surface area contributed by atoms with Crippen LogP contribution >= 0.6 is 0 Å². The second kappa shape index (κ2) is 7.89. The van der Waals surface area contributed by atoms with Gasteiger partial charge in [-0.3, -0.25) is 14.5 Å². The Labute approximate surface area is 174 Å². The highest BCUT2D eigenvalue weighted by Crippen LogP contribution is 2.53. The molecule has 1 saturated carbocycles. The molecule has 1 aromatic carbocycles. The van der Waals surface area contributed by atoms with Gasteiger partial charge in [-0.05, 0) is 11.8 Å². The molecule has 1 N–H and O–H groups in total. The lowest BCUT2D eigenvalue weighted by Gasteiger charge is -2.24. The number of halogens is 4. The fraction of sp³-hybridized carbons (Fsp3) is 0.526. The first kappa shape index (κ1) is 21.2. The molecule has 1 aromatic rings. The Morgan fingerprint density at radius 3 is 2.35 bits per heavy atom. The summed E-state index contributed by atoms with van der Waals surface area (Å²) >= 11 is 0. The molecule has 3 atom stereocenters. The van der Waals surface area contributed by atoms with E-state index in [2.05, 4.69) is 0 Å². The molecule has 2 heterocycles. The monoisotopic (exact) mass is 445 g/mol. The molecule has 8 nitrogen and oxygen atoms in total. The van der Waals surface area contributed by atoms with Gasteiger partial charge in [0, 0.05) is 25.2 Å². The molecule has 0 radical (unpaired) electrons. The molecule has 3 fully saturated rings. The molecule has 3 unspecified atom stereocenters. The van der Waals surface area contributed by atoms with Crippen molar-refractivity contribution in [2.75, 3.05) is 43.1 Å². The topological polar surface area (TPSA) is 88.2 Å². The van der Waals surface area contributed by atoms with Crippen LogP contribution in [-0.2, 0) is 19.1 Å². The van der Waals surface area contributed by atoms with Gasteiger partial charge < -0.3 is 19.7 Å². The number of rotatable bonds is 6. The van der Waals surface area contributed by atoms with E-state index in [4.69, 9.17) is 9.47 Å². The van der Waals surface area contributed by atoms with Gasteiger partial charge in [0.25, 0.3) is 5.91 Å². The molecular formula is C19H19F4N3O5. The summed E-state index contributed by atoms with van der Waals surface area (Å²) < 4.78 is 63.7. The Morgan fingerprint density at radius 2 is 1.81 bits per heavy atom. The number of ether oxygens (including phenoxy) is 2. The lowest BCUT2D eigenvalue weighted by molar-refractivity contribution is -0.142. The van der Waals surface area contributed by atoms with Crippen LogP contribution in [0.4, 0.5) is 33.7 Å². The maximum Gasteiger partial charge on any atom is 0.414 e. The molecule has 4 rings (SSSR count). The highest BCUT2D eigenvalue weighted by atomic mass is 19.3. The van der Waals surface area contributed by atoms with E-state index in [-0.39, 0.29) is 48.2 Å². The molecule has 2 aliphatic heterocycles. The van der Waals surface area contributed by atoms with Crippen molar-refractivity contribution in [3.8, 4) is 0 Å². The van der Waals surface area contributed by atoms with Crippen LogP contribution in [-0.4, -0.2) is 63.8 Å². The Hall–Kier alpha value is -3.05. The van der Waals surface area contributed by atoms with Gasteiger partial charge in [0.15, 0.2) is 11.6 Å². The number of esters is 1. The summed E-state index contributed by atoms with van der Waals surface area (Å²) in [5.41, 5.74) is -0.337.